The molecule has 1 aromatic heterocycles. The number of aliphatic carboxylic acids is 1. The number of carbonyl (C=O) groups is 2. The van der Waals surface area contributed by atoms with E-state index < -0.39 is 17.9 Å². The predicted octanol–water partition coefficient (Wildman–Crippen LogP) is 1.25. The van der Waals surface area contributed by atoms with E-state index in [2.05, 4.69) is 14.9 Å². The average Bonchev–Trinajstić information content (AvgIpc) is 2.73. The Morgan fingerprint density at radius 3 is 2.59 bits per heavy atom. The van der Waals surface area contributed by atoms with E-state index in [1.165, 1.54) is 0 Å². The summed E-state index contributed by atoms with van der Waals surface area (Å²) in [5.74, 6) is -1.37. The second-order valence-electron chi connectivity index (χ2n) is 3.91. The van der Waals surface area contributed by atoms with E-state index in [0.717, 1.165) is 11.5 Å². The van der Waals surface area contributed by atoms with Crippen LogP contribution >= 0.6 is 11.5 Å². The zero-order chi connectivity index (χ0) is 13.0. The van der Waals surface area contributed by atoms with Gasteiger partial charge in [-0.15, -0.1) is 5.10 Å². The first kappa shape index (κ1) is 13.6. The number of rotatable bonds is 5. The Hall–Kier alpha value is -1.50. The third-order valence-corrected chi connectivity index (χ3v) is 3.02. The Morgan fingerprint density at radius 2 is 2.12 bits per heavy atom. The maximum absolute atomic E-state index is 11.9. The largest absolute Gasteiger partial charge is 0.480 e. The van der Waals surface area contributed by atoms with E-state index in [1.807, 2.05) is 13.8 Å². The molecule has 6 nitrogen and oxygen atoms in total. The molecule has 0 saturated carbocycles. The number of hydrogen-bond acceptors (Lipinski definition) is 5. The third-order valence-electron chi connectivity index (χ3n) is 2.28. The molecular formula is C10H15N3O3S. The first-order valence-electron chi connectivity index (χ1n) is 5.33. The molecule has 0 aromatic carbocycles. The van der Waals surface area contributed by atoms with Crippen molar-refractivity contribution >= 4 is 23.4 Å². The lowest BCUT2D eigenvalue weighted by Gasteiger charge is -2.11. The second-order valence-corrected chi connectivity index (χ2v) is 4.67. The Bertz CT molecular complexity index is 417. The van der Waals surface area contributed by atoms with Crippen molar-refractivity contribution in [3.05, 3.63) is 10.6 Å². The van der Waals surface area contributed by atoms with Gasteiger partial charge in [0.25, 0.3) is 5.91 Å². The molecule has 0 aliphatic carbocycles. The lowest BCUT2D eigenvalue weighted by molar-refractivity contribution is -0.139. The Balaban J connectivity index is 2.82. The van der Waals surface area contributed by atoms with Crippen LogP contribution in [0.1, 0.15) is 48.5 Å². The molecular weight excluding hydrogens is 242 g/mol. The third kappa shape index (κ3) is 3.23. The molecule has 0 fully saturated rings. The van der Waals surface area contributed by atoms with Crippen molar-refractivity contribution in [3.63, 3.8) is 0 Å². The highest BCUT2D eigenvalue weighted by molar-refractivity contribution is 7.08. The van der Waals surface area contributed by atoms with Gasteiger partial charge in [0.2, 0.25) is 0 Å². The average molecular weight is 257 g/mol. The summed E-state index contributed by atoms with van der Waals surface area (Å²) in [6, 6.07) is -0.871. The Morgan fingerprint density at radius 1 is 1.47 bits per heavy atom. The van der Waals surface area contributed by atoms with Crippen molar-refractivity contribution < 1.29 is 14.7 Å². The molecule has 17 heavy (non-hydrogen) atoms. The number of nitrogens with one attached hydrogen (secondary N) is 1. The first-order chi connectivity index (χ1) is 7.97. The van der Waals surface area contributed by atoms with E-state index in [-0.39, 0.29) is 5.92 Å². The molecule has 1 amide bonds. The molecule has 1 heterocycles. The topological polar surface area (TPSA) is 92.2 Å². The number of nitrogens with zero attached hydrogens (tertiary/aromatic N) is 2. The van der Waals surface area contributed by atoms with Gasteiger partial charge in [0.15, 0.2) is 0 Å². The zero-order valence-electron chi connectivity index (χ0n) is 9.93. The second kappa shape index (κ2) is 5.72. The van der Waals surface area contributed by atoms with E-state index >= 15 is 0 Å². The highest BCUT2D eigenvalue weighted by Gasteiger charge is 2.23. The molecule has 2 N–H and O–H groups in total. The van der Waals surface area contributed by atoms with Crippen molar-refractivity contribution in [2.75, 3.05) is 0 Å². The molecule has 0 radical (unpaired) electrons. The number of carbonyl (C=O) groups excluding carboxylic acids is 1. The van der Waals surface area contributed by atoms with Gasteiger partial charge in [-0.1, -0.05) is 25.3 Å². The molecule has 0 aliphatic rings. The fourth-order valence-electron chi connectivity index (χ4n) is 1.30. The smallest absolute Gasteiger partial charge is 0.326 e. The summed E-state index contributed by atoms with van der Waals surface area (Å²) in [5.41, 5.74) is 0.604. The molecule has 7 heteroatoms. The number of carboxylic acid groups (broad SMARTS) is 1. The van der Waals surface area contributed by atoms with Gasteiger partial charge >= 0.3 is 5.97 Å². The van der Waals surface area contributed by atoms with Crippen LogP contribution in [0.3, 0.4) is 0 Å². The Kier molecular flexibility index (Phi) is 4.56. The summed E-state index contributed by atoms with van der Waals surface area (Å²) in [5, 5.41) is 15.2. The van der Waals surface area contributed by atoms with E-state index in [1.54, 1.807) is 6.92 Å². The lowest BCUT2D eigenvalue weighted by atomic mass is 10.1. The predicted molar refractivity (Wildman–Crippen MR) is 63.2 cm³/mol. The van der Waals surface area contributed by atoms with Gasteiger partial charge in [0.05, 0.1) is 5.69 Å². The fraction of sp³-hybridized carbons (Fsp3) is 0.600. The zero-order valence-corrected chi connectivity index (χ0v) is 10.7. The van der Waals surface area contributed by atoms with Gasteiger partial charge in [-0.2, -0.15) is 0 Å². The number of hydrogen-bond donors (Lipinski definition) is 2. The van der Waals surface area contributed by atoms with Crippen LogP contribution in [0, 0.1) is 0 Å². The quantitative estimate of drug-likeness (QED) is 0.828. The summed E-state index contributed by atoms with van der Waals surface area (Å²) in [7, 11) is 0. The van der Waals surface area contributed by atoms with E-state index in [9.17, 15) is 9.59 Å². The minimum Gasteiger partial charge on any atom is -0.480 e. The van der Waals surface area contributed by atoms with Crippen molar-refractivity contribution in [1.82, 2.24) is 14.9 Å². The van der Waals surface area contributed by atoms with E-state index in [0.29, 0.717) is 17.0 Å². The van der Waals surface area contributed by atoms with Gasteiger partial charge in [-0.3, -0.25) is 4.79 Å². The van der Waals surface area contributed by atoms with Crippen molar-refractivity contribution in [3.8, 4) is 0 Å². The molecule has 0 aliphatic heterocycles. The monoisotopic (exact) mass is 257 g/mol. The maximum atomic E-state index is 11.9. The van der Waals surface area contributed by atoms with Crippen LogP contribution in [0.5, 0.6) is 0 Å². The van der Waals surface area contributed by atoms with Crippen molar-refractivity contribution in [1.29, 1.82) is 0 Å². The summed E-state index contributed by atoms with van der Waals surface area (Å²) >= 11 is 0.984. The summed E-state index contributed by atoms with van der Waals surface area (Å²) in [6.45, 7) is 5.51. The van der Waals surface area contributed by atoms with E-state index in [4.69, 9.17) is 5.11 Å². The fourth-order valence-corrected chi connectivity index (χ4v) is 2.02. The first-order valence-corrected chi connectivity index (χ1v) is 6.10. The lowest BCUT2D eigenvalue weighted by Crippen LogP contribution is -2.40. The maximum Gasteiger partial charge on any atom is 0.326 e. The SMILES string of the molecule is CC[C@H](NC(=O)c1snnc1C(C)C)C(=O)O. The molecule has 0 spiro atoms. The van der Waals surface area contributed by atoms with Gasteiger partial charge in [0.1, 0.15) is 10.9 Å². The van der Waals surface area contributed by atoms with Gasteiger partial charge in [0, 0.05) is 0 Å². The summed E-state index contributed by atoms with van der Waals surface area (Å²) < 4.78 is 3.73. The Labute approximate surface area is 103 Å². The highest BCUT2D eigenvalue weighted by Crippen LogP contribution is 2.19. The van der Waals surface area contributed by atoms with Crippen molar-refractivity contribution in [2.45, 2.75) is 39.2 Å². The van der Waals surface area contributed by atoms with Crippen LogP contribution < -0.4 is 5.32 Å². The van der Waals surface area contributed by atoms with Gasteiger partial charge < -0.3 is 10.4 Å². The molecule has 1 aromatic rings. The minimum absolute atomic E-state index is 0.0828. The van der Waals surface area contributed by atoms with Crippen LogP contribution in [0.4, 0.5) is 0 Å². The van der Waals surface area contributed by atoms with Gasteiger partial charge in [-0.25, -0.2) is 4.79 Å². The molecule has 94 valence electrons. The summed E-state index contributed by atoms with van der Waals surface area (Å²) in [4.78, 5) is 23.1. The number of carboxylic acids is 1. The standard InChI is InChI=1S/C10H15N3O3S/c1-4-6(10(15)16)11-9(14)8-7(5(2)3)12-13-17-8/h5-6H,4H2,1-3H3,(H,11,14)(H,15,16)/t6-/m0/s1. The number of amides is 1. The minimum atomic E-state index is -1.04. The van der Waals surface area contributed by atoms with Crippen LogP contribution in [0.25, 0.3) is 0 Å². The molecule has 0 unspecified atom stereocenters. The molecule has 0 saturated heterocycles. The molecule has 1 atom stereocenters. The molecule has 1 rings (SSSR count). The summed E-state index contributed by atoms with van der Waals surface area (Å²) in [6.07, 6.45) is 0.338. The number of aromatic nitrogens is 2. The van der Waals surface area contributed by atoms with Crippen LogP contribution in [0.15, 0.2) is 0 Å². The molecule has 0 bridgehead atoms. The highest BCUT2D eigenvalue weighted by atomic mass is 32.1. The van der Waals surface area contributed by atoms with Crippen molar-refractivity contribution in [2.24, 2.45) is 0 Å². The normalized spacial score (nSPS) is 12.5. The van der Waals surface area contributed by atoms with Crippen LogP contribution in [-0.4, -0.2) is 32.6 Å². The van der Waals surface area contributed by atoms with Gasteiger partial charge in [-0.05, 0) is 23.9 Å². The van der Waals surface area contributed by atoms with Crippen LogP contribution in [-0.2, 0) is 4.79 Å². The van der Waals surface area contributed by atoms with Crippen LogP contribution in [0.2, 0.25) is 0 Å².